The van der Waals surface area contributed by atoms with Crippen molar-refractivity contribution in [1.29, 1.82) is 0 Å². The molecule has 2 aromatic carbocycles. The number of ether oxygens (including phenoxy) is 3. The van der Waals surface area contributed by atoms with Crippen LogP contribution in [0.5, 0.6) is 11.5 Å². The van der Waals surface area contributed by atoms with Crippen molar-refractivity contribution in [3.05, 3.63) is 76.0 Å². The summed E-state index contributed by atoms with van der Waals surface area (Å²) in [6, 6.07) is 10.8. The van der Waals surface area contributed by atoms with Crippen molar-refractivity contribution in [2.24, 2.45) is 0 Å². The van der Waals surface area contributed by atoms with Crippen molar-refractivity contribution in [1.82, 2.24) is 4.98 Å². The van der Waals surface area contributed by atoms with Crippen LogP contribution in [0.25, 0.3) is 11.1 Å². The van der Waals surface area contributed by atoms with E-state index in [1.165, 1.54) is 25.3 Å². The van der Waals surface area contributed by atoms with Gasteiger partial charge in [0, 0.05) is 33.6 Å². The second-order valence-corrected chi connectivity index (χ2v) is 8.19. The Labute approximate surface area is 192 Å². The highest BCUT2D eigenvalue weighted by molar-refractivity contribution is 6.33. The van der Waals surface area contributed by atoms with E-state index in [1.807, 2.05) is 0 Å². The fourth-order valence-electron chi connectivity index (χ4n) is 3.56. The van der Waals surface area contributed by atoms with Crippen LogP contribution >= 0.6 is 23.2 Å². The first kappa shape index (κ1) is 22.7. The molecule has 0 radical (unpaired) electrons. The first-order valence-corrected chi connectivity index (χ1v) is 10.4. The largest absolute Gasteiger partial charge is 0.573 e. The average Bonchev–Trinajstić information content (AvgIpc) is 3.54. The molecule has 0 saturated heterocycles. The molecule has 1 saturated carbocycles. The number of methoxy groups -OCH3 is 1. The maximum atomic E-state index is 12.8. The Morgan fingerprint density at radius 1 is 1.03 bits per heavy atom. The van der Waals surface area contributed by atoms with E-state index >= 15 is 0 Å². The molecule has 1 aliphatic rings. The van der Waals surface area contributed by atoms with Crippen LogP contribution in [-0.2, 0) is 16.9 Å². The minimum absolute atomic E-state index is 0.224. The van der Waals surface area contributed by atoms with Crippen LogP contribution in [-0.4, -0.2) is 18.5 Å². The molecular weight excluding hydrogens is 466 g/mol. The molecule has 168 valence electrons. The molecule has 0 unspecified atom stereocenters. The van der Waals surface area contributed by atoms with Crippen LogP contribution in [0.4, 0.5) is 13.2 Å². The van der Waals surface area contributed by atoms with E-state index in [4.69, 9.17) is 32.7 Å². The van der Waals surface area contributed by atoms with E-state index in [0.717, 1.165) is 24.0 Å². The Hall–Kier alpha value is -2.48. The average molecular weight is 484 g/mol. The predicted octanol–water partition coefficient (Wildman–Crippen LogP) is 7.17. The van der Waals surface area contributed by atoms with E-state index in [2.05, 4.69) is 9.72 Å². The van der Waals surface area contributed by atoms with Gasteiger partial charge in [0.1, 0.15) is 11.5 Å². The third-order valence-electron chi connectivity index (χ3n) is 5.22. The van der Waals surface area contributed by atoms with Gasteiger partial charge in [-0.05, 0) is 66.4 Å². The van der Waals surface area contributed by atoms with Gasteiger partial charge in [-0.15, -0.1) is 13.2 Å². The molecule has 0 atom stereocenters. The number of benzene rings is 2. The molecule has 4 nitrogen and oxygen atoms in total. The van der Waals surface area contributed by atoms with E-state index in [1.54, 1.807) is 36.7 Å². The van der Waals surface area contributed by atoms with Crippen LogP contribution in [0.3, 0.4) is 0 Å². The smallest absolute Gasteiger partial charge is 0.496 e. The molecule has 1 aromatic heterocycles. The van der Waals surface area contributed by atoms with Gasteiger partial charge in [-0.2, -0.15) is 0 Å². The number of pyridine rings is 1. The molecule has 0 amide bonds. The lowest BCUT2D eigenvalue weighted by atomic mass is 9.96. The van der Waals surface area contributed by atoms with Crippen LogP contribution < -0.4 is 9.47 Å². The standard InChI is InChI=1S/C23H18Cl2F3NO3/c1-30-21-5-3-16(32-23(26,27)28)11-18(21)17-6-9-29-12-19(17)22(7-8-22)31-13-14-10-15(24)2-4-20(14)25/h2-6,9-12H,7-8,13H2,1H3. The molecule has 4 rings (SSSR count). The van der Waals surface area contributed by atoms with Gasteiger partial charge >= 0.3 is 6.36 Å². The summed E-state index contributed by atoms with van der Waals surface area (Å²) >= 11 is 12.3. The van der Waals surface area contributed by atoms with Gasteiger partial charge in [-0.1, -0.05) is 23.2 Å². The van der Waals surface area contributed by atoms with Gasteiger partial charge < -0.3 is 14.2 Å². The molecule has 1 heterocycles. The summed E-state index contributed by atoms with van der Waals surface area (Å²) in [4.78, 5) is 4.22. The SMILES string of the molecule is COc1ccc(OC(F)(F)F)cc1-c1ccncc1C1(OCc2cc(Cl)ccc2Cl)CC1. The molecule has 3 aromatic rings. The van der Waals surface area contributed by atoms with Crippen molar-refractivity contribution in [3.63, 3.8) is 0 Å². The summed E-state index contributed by atoms with van der Waals surface area (Å²) in [5, 5.41) is 1.08. The van der Waals surface area contributed by atoms with Crippen molar-refractivity contribution in [2.45, 2.75) is 31.4 Å². The van der Waals surface area contributed by atoms with E-state index in [9.17, 15) is 13.2 Å². The molecule has 0 N–H and O–H groups in total. The normalized spacial score (nSPS) is 14.8. The molecule has 1 fully saturated rings. The molecular formula is C23H18Cl2F3NO3. The minimum Gasteiger partial charge on any atom is -0.496 e. The van der Waals surface area contributed by atoms with Crippen LogP contribution in [0, 0.1) is 0 Å². The third kappa shape index (κ3) is 4.95. The quantitative estimate of drug-likeness (QED) is 0.357. The second-order valence-electron chi connectivity index (χ2n) is 7.35. The molecule has 1 aliphatic carbocycles. The molecule has 32 heavy (non-hydrogen) atoms. The first-order chi connectivity index (χ1) is 15.2. The van der Waals surface area contributed by atoms with E-state index in [-0.39, 0.29) is 12.4 Å². The number of halogens is 5. The lowest BCUT2D eigenvalue weighted by molar-refractivity contribution is -0.274. The predicted molar refractivity (Wildman–Crippen MR) is 115 cm³/mol. The molecule has 0 bridgehead atoms. The Bertz CT molecular complexity index is 1130. The number of nitrogens with zero attached hydrogens (tertiary/aromatic N) is 1. The monoisotopic (exact) mass is 483 g/mol. The third-order valence-corrected chi connectivity index (χ3v) is 5.83. The summed E-state index contributed by atoms with van der Waals surface area (Å²) in [5.41, 5.74) is 1.96. The summed E-state index contributed by atoms with van der Waals surface area (Å²) < 4.78 is 54.0. The lowest BCUT2D eigenvalue weighted by Crippen LogP contribution is -2.17. The van der Waals surface area contributed by atoms with Gasteiger partial charge in [0.05, 0.1) is 19.3 Å². The fourth-order valence-corrected chi connectivity index (χ4v) is 3.93. The Kier molecular flexibility index (Phi) is 6.25. The summed E-state index contributed by atoms with van der Waals surface area (Å²) in [6.45, 7) is 0.224. The van der Waals surface area contributed by atoms with Crippen molar-refractivity contribution < 1.29 is 27.4 Å². The van der Waals surface area contributed by atoms with Crippen LogP contribution in [0.2, 0.25) is 10.0 Å². The second kappa shape index (κ2) is 8.81. The summed E-state index contributed by atoms with van der Waals surface area (Å²) in [5.74, 6) is 0.0631. The zero-order chi connectivity index (χ0) is 22.9. The van der Waals surface area contributed by atoms with Crippen LogP contribution in [0.15, 0.2) is 54.9 Å². The highest BCUT2D eigenvalue weighted by atomic mass is 35.5. The summed E-state index contributed by atoms with van der Waals surface area (Å²) in [6.07, 6.45) is -0.113. The number of hydrogen-bond donors (Lipinski definition) is 0. The van der Waals surface area contributed by atoms with Gasteiger partial charge in [0.25, 0.3) is 0 Å². The summed E-state index contributed by atoms with van der Waals surface area (Å²) in [7, 11) is 1.45. The number of aromatic nitrogens is 1. The Morgan fingerprint density at radius 3 is 2.50 bits per heavy atom. The lowest BCUT2D eigenvalue weighted by Gasteiger charge is -2.22. The van der Waals surface area contributed by atoms with Crippen molar-refractivity contribution in [3.8, 4) is 22.6 Å². The van der Waals surface area contributed by atoms with Gasteiger partial charge in [0.15, 0.2) is 0 Å². The zero-order valence-corrected chi connectivity index (χ0v) is 18.4. The van der Waals surface area contributed by atoms with Gasteiger partial charge in [-0.25, -0.2) is 0 Å². The van der Waals surface area contributed by atoms with E-state index < -0.39 is 12.0 Å². The van der Waals surface area contributed by atoms with Gasteiger partial charge in [0.2, 0.25) is 0 Å². The highest BCUT2D eigenvalue weighted by Gasteiger charge is 2.47. The fraction of sp³-hybridized carbons (Fsp3) is 0.261. The molecule has 0 aliphatic heterocycles. The minimum atomic E-state index is -4.80. The highest BCUT2D eigenvalue weighted by Crippen LogP contribution is 2.53. The Balaban J connectivity index is 1.69. The number of rotatable bonds is 7. The van der Waals surface area contributed by atoms with E-state index in [0.29, 0.717) is 26.9 Å². The van der Waals surface area contributed by atoms with Crippen molar-refractivity contribution >= 4 is 23.2 Å². The maximum Gasteiger partial charge on any atom is 0.573 e. The van der Waals surface area contributed by atoms with Crippen molar-refractivity contribution in [2.75, 3.05) is 7.11 Å². The zero-order valence-electron chi connectivity index (χ0n) is 16.9. The topological polar surface area (TPSA) is 40.6 Å². The maximum absolute atomic E-state index is 12.8. The molecule has 9 heteroatoms. The Morgan fingerprint density at radius 2 is 1.81 bits per heavy atom. The molecule has 0 spiro atoms. The van der Waals surface area contributed by atoms with Gasteiger partial charge in [-0.3, -0.25) is 4.98 Å². The first-order valence-electron chi connectivity index (χ1n) is 9.67. The van der Waals surface area contributed by atoms with Crippen LogP contribution in [0.1, 0.15) is 24.0 Å². The number of alkyl halides is 3. The number of hydrogen-bond acceptors (Lipinski definition) is 4.